The van der Waals surface area contributed by atoms with Crippen molar-refractivity contribution >= 4 is 11.7 Å². The quantitative estimate of drug-likeness (QED) is 0.405. The van der Waals surface area contributed by atoms with Gasteiger partial charge >= 0.3 is 6.03 Å². The number of benzene rings is 2. The zero-order valence-electron chi connectivity index (χ0n) is 21.0. The second-order valence-corrected chi connectivity index (χ2v) is 9.57. The Balaban J connectivity index is 1.17. The number of β-amino-alcohol motifs (C(OH)–C–C–N with tert-alkyl or cyclic N) is 1. The summed E-state index contributed by atoms with van der Waals surface area (Å²) < 4.78 is 0. The maximum Gasteiger partial charge on any atom is 0.319 e. The van der Waals surface area contributed by atoms with Gasteiger partial charge in [-0.1, -0.05) is 54.6 Å². The number of pyridine rings is 1. The first-order valence-corrected chi connectivity index (χ1v) is 12.8. The summed E-state index contributed by atoms with van der Waals surface area (Å²) in [7, 11) is 2.04. The molecule has 1 unspecified atom stereocenters. The monoisotopic (exact) mass is 487 g/mol. The van der Waals surface area contributed by atoms with Crippen LogP contribution >= 0.6 is 0 Å². The third kappa shape index (κ3) is 7.88. The Hall–Kier alpha value is -3.26. The molecular formula is C29H37N5O2. The maximum atomic E-state index is 12.7. The molecule has 0 aliphatic carbocycles. The molecule has 7 heteroatoms. The molecule has 190 valence electrons. The number of rotatable bonds is 10. The van der Waals surface area contributed by atoms with Gasteiger partial charge in [0.1, 0.15) is 0 Å². The van der Waals surface area contributed by atoms with E-state index in [1.807, 2.05) is 86.0 Å². The van der Waals surface area contributed by atoms with Gasteiger partial charge in [-0.25, -0.2) is 4.79 Å². The van der Waals surface area contributed by atoms with E-state index in [-0.39, 0.29) is 12.1 Å². The fourth-order valence-electron chi connectivity index (χ4n) is 4.72. The van der Waals surface area contributed by atoms with Gasteiger partial charge in [0.05, 0.1) is 11.8 Å². The van der Waals surface area contributed by atoms with Gasteiger partial charge in [-0.2, -0.15) is 0 Å². The number of nitrogens with zero attached hydrogens (tertiary/aromatic N) is 3. The van der Waals surface area contributed by atoms with Crippen LogP contribution in [0.1, 0.15) is 18.5 Å². The number of anilines is 1. The van der Waals surface area contributed by atoms with Crippen LogP contribution in [-0.2, 0) is 6.42 Å². The molecule has 0 radical (unpaired) electrons. The van der Waals surface area contributed by atoms with Crippen molar-refractivity contribution in [2.75, 3.05) is 45.1 Å². The number of amides is 2. The zero-order valence-corrected chi connectivity index (χ0v) is 21.0. The average molecular weight is 488 g/mol. The lowest BCUT2D eigenvalue weighted by Crippen LogP contribution is -2.48. The number of aliphatic hydroxyl groups excluding tert-OH is 1. The number of piperidine rings is 1. The number of carbonyl (C=O) groups excluding carboxylic acids is 1. The van der Waals surface area contributed by atoms with Gasteiger partial charge in [-0.05, 0) is 43.7 Å². The molecule has 3 N–H and O–H groups in total. The minimum absolute atomic E-state index is 0.128. The van der Waals surface area contributed by atoms with E-state index in [2.05, 4.69) is 25.4 Å². The molecule has 1 atom stereocenters. The number of para-hydroxylation sites is 1. The second kappa shape index (κ2) is 13.2. The minimum Gasteiger partial charge on any atom is -0.390 e. The summed E-state index contributed by atoms with van der Waals surface area (Å²) in [5.41, 5.74) is 3.94. The summed E-state index contributed by atoms with van der Waals surface area (Å²) in [5.74, 6) is 0. The largest absolute Gasteiger partial charge is 0.390 e. The van der Waals surface area contributed by atoms with E-state index in [0.29, 0.717) is 13.1 Å². The molecule has 2 aromatic carbocycles. The van der Waals surface area contributed by atoms with Crippen molar-refractivity contribution in [3.8, 4) is 11.1 Å². The van der Waals surface area contributed by atoms with Gasteiger partial charge in [0.25, 0.3) is 0 Å². The van der Waals surface area contributed by atoms with E-state index in [1.165, 1.54) is 0 Å². The van der Waals surface area contributed by atoms with Crippen molar-refractivity contribution in [1.29, 1.82) is 0 Å². The maximum absolute atomic E-state index is 12.7. The molecular weight excluding hydrogens is 450 g/mol. The lowest BCUT2D eigenvalue weighted by Gasteiger charge is -2.34. The number of likely N-dealkylation sites (tertiary alicyclic amines) is 1. The molecule has 3 aromatic rings. The fraction of sp³-hybridized carbons (Fsp3) is 0.379. The molecule has 1 aliphatic heterocycles. The molecule has 7 nitrogen and oxygen atoms in total. The van der Waals surface area contributed by atoms with E-state index >= 15 is 0 Å². The molecule has 1 fully saturated rings. The van der Waals surface area contributed by atoms with Gasteiger partial charge in [0, 0.05) is 62.6 Å². The number of hydrogen-bond acceptors (Lipinski definition) is 5. The minimum atomic E-state index is -0.402. The number of nitrogens with one attached hydrogen (secondary N) is 2. The summed E-state index contributed by atoms with van der Waals surface area (Å²) in [6, 6.07) is 23.8. The first-order chi connectivity index (χ1) is 17.6. The van der Waals surface area contributed by atoms with Gasteiger partial charge in [-0.3, -0.25) is 4.98 Å². The molecule has 36 heavy (non-hydrogen) atoms. The lowest BCUT2D eigenvalue weighted by molar-refractivity contribution is 0.0705. The third-order valence-corrected chi connectivity index (χ3v) is 6.65. The summed E-state index contributed by atoms with van der Waals surface area (Å²) in [6.45, 7) is 3.87. The first kappa shape index (κ1) is 25.8. The Kier molecular flexibility index (Phi) is 9.44. The van der Waals surface area contributed by atoms with Crippen molar-refractivity contribution in [3.63, 3.8) is 0 Å². The van der Waals surface area contributed by atoms with Crippen LogP contribution in [0.5, 0.6) is 0 Å². The number of aromatic nitrogens is 1. The molecule has 1 aliphatic rings. The third-order valence-electron chi connectivity index (χ3n) is 6.65. The first-order valence-electron chi connectivity index (χ1n) is 12.8. The molecule has 1 aromatic heterocycles. The van der Waals surface area contributed by atoms with Crippen molar-refractivity contribution in [3.05, 3.63) is 84.7 Å². The summed E-state index contributed by atoms with van der Waals surface area (Å²) in [6.07, 6.45) is 4.03. The van der Waals surface area contributed by atoms with Crippen molar-refractivity contribution in [1.82, 2.24) is 20.1 Å². The fourth-order valence-corrected chi connectivity index (χ4v) is 4.72. The van der Waals surface area contributed by atoms with E-state index in [1.54, 1.807) is 0 Å². The smallest absolute Gasteiger partial charge is 0.319 e. The molecule has 2 heterocycles. The standard InChI is InChI=1S/C29H37N5O2/c1-33(18-14-24-11-7-8-17-30-24)21-26(35)22-34-19-15-25(16-20-34)31-29(36)32-28-13-6-5-12-27(28)23-9-3-2-4-10-23/h2-13,17,25-26,35H,14-16,18-22H2,1H3,(H2,31,32,36). The predicted octanol–water partition coefficient (Wildman–Crippen LogP) is 3.87. The molecule has 0 bridgehead atoms. The average Bonchev–Trinajstić information content (AvgIpc) is 2.90. The van der Waals surface area contributed by atoms with E-state index < -0.39 is 6.10 Å². The molecule has 0 spiro atoms. The Morgan fingerprint density at radius 3 is 2.53 bits per heavy atom. The van der Waals surface area contributed by atoms with Crippen molar-refractivity contribution in [2.24, 2.45) is 0 Å². The molecule has 1 saturated heterocycles. The molecule has 0 saturated carbocycles. The number of aliphatic hydroxyl groups is 1. The Labute approximate surface area is 214 Å². The van der Waals surface area contributed by atoms with Gasteiger partial charge in [0.15, 0.2) is 0 Å². The predicted molar refractivity (Wildman–Crippen MR) is 145 cm³/mol. The van der Waals surface area contributed by atoms with Gasteiger partial charge < -0.3 is 25.5 Å². The second-order valence-electron chi connectivity index (χ2n) is 9.57. The molecule has 2 amide bonds. The van der Waals surface area contributed by atoms with Gasteiger partial charge in [-0.15, -0.1) is 0 Å². The van der Waals surface area contributed by atoms with Crippen LogP contribution in [0.3, 0.4) is 0 Å². The van der Waals surface area contributed by atoms with Gasteiger partial charge in [0.2, 0.25) is 0 Å². The SMILES string of the molecule is CN(CCc1ccccn1)CC(O)CN1CCC(NC(=O)Nc2ccccc2-c2ccccc2)CC1. The number of hydrogen-bond donors (Lipinski definition) is 3. The number of urea groups is 1. The van der Waals surface area contributed by atoms with E-state index in [0.717, 1.165) is 61.4 Å². The van der Waals surface area contributed by atoms with Crippen molar-refractivity contribution in [2.45, 2.75) is 31.4 Å². The van der Waals surface area contributed by atoms with Crippen LogP contribution < -0.4 is 10.6 Å². The van der Waals surface area contributed by atoms with Crippen LogP contribution in [0.4, 0.5) is 10.5 Å². The highest BCUT2D eigenvalue weighted by atomic mass is 16.3. The zero-order chi connectivity index (χ0) is 25.2. The normalized spacial score (nSPS) is 15.5. The highest BCUT2D eigenvalue weighted by Crippen LogP contribution is 2.27. The van der Waals surface area contributed by atoms with Crippen LogP contribution in [-0.4, -0.2) is 77.8 Å². The van der Waals surface area contributed by atoms with E-state index in [4.69, 9.17) is 0 Å². The van der Waals surface area contributed by atoms with Crippen LogP contribution in [0.25, 0.3) is 11.1 Å². The van der Waals surface area contributed by atoms with E-state index in [9.17, 15) is 9.90 Å². The van der Waals surface area contributed by atoms with Crippen LogP contribution in [0.15, 0.2) is 79.0 Å². The van der Waals surface area contributed by atoms with Crippen LogP contribution in [0, 0.1) is 0 Å². The summed E-state index contributed by atoms with van der Waals surface area (Å²) >= 11 is 0. The van der Waals surface area contributed by atoms with Crippen molar-refractivity contribution < 1.29 is 9.90 Å². The summed E-state index contributed by atoms with van der Waals surface area (Å²) in [4.78, 5) is 21.5. The van der Waals surface area contributed by atoms with Crippen LogP contribution in [0.2, 0.25) is 0 Å². The molecule has 4 rings (SSSR count). The lowest BCUT2D eigenvalue weighted by atomic mass is 10.0. The Bertz CT molecular complexity index is 1070. The number of likely N-dealkylation sites (N-methyl/N-ethyl adjacent to an activating group) is 1. The number of carbonyl (C=O) groups is 1. The highest BCUT2D eigenvalue weighted by molar-refractivity contribution is 5.94. The highest BCUT2D eigenvalue weighted by Gasteiger charge is 2.23. The summed E-state index contributed by atoms with van der Waals surface area (Å²) in [5, 5.41) is 16.7. The Morgan fingerprint density at radius 1 is 1.06 bits per heavy atom. The Morgan fingerprint density at radius 2 is 1.78 bits per heavy atom. The topological polar surface area (TPSA) is 80.7 Å².